The maximum Gasteiger partial charge on any atom is 0.257 e. The summed E-state index contributed by atoms with van der Waals surface area (Å²) in [5.74, 6) is -0.264. The molecule has 2 aromatic heterocycles. The van der Waals surface area contributed by atoms with Crippen LogP contribution in [0.25, 0.3) is 10.9 Å². The first-order chi connectivity index (χ1) is 11.1. The van der Waals surface area contributed by atoms with Gasteiger partial charge < -0.3 is 10.4 Å². The molecule has 0 saturated carbocycles. The maximum atomic E-state index is 12.6. The number of hydrogen-bond donors (Lipinski definition) is 2. The van der Waals surface area contributed by atoms with E-state index in [0.717, 1.165) is 16.5 Å². The van der Waals surface area contributed by atoms with Gasteiger partial charge in [-0.25, -0.2) is 0 Å². The lowest BCUT2D eigenvalue weighted by Crippen LogP contribution is -2.15. The Balaban J connectivity index is 1.97. The molecule has 0 unspecified atom stereocenters. The minimum Gasteiger partial charge on any atom is -0.392 e. The Morgan fingerprint density at radius 3 is 2.83 bits per heavy atom. The van der Waals surface area contributed by atoms with Crippen LogP contribution in [0.3, 0.4) is 0 Å². The van der Waals surface area contributed by atoms with Gasteiger partial charge in [-0.2, -0.15) is 0 Å². The van der Waals surface area contributed by atoms with E-state index in [-0.39, 0.29) is 12.5 Å². The summed E-state index contributed by atoms with van der Waals surface area (Å²) in [4.78, 5) is 21.0. The van der Waals surface area contributed by atoms with Crippen molar-refractivity contribution in [1.29, 1.82) is 0 Å². The highest BCUT2D eigenvalue weighted by Gasteiger charge is 2.13. The van der Waals surface area contributed by atoms with Gasteiger partial charge in [0.1, 0.15) is 0 Å². The summed E-state index contributed by atoms with van der Waals surface area (Å²) >= 11 is 0. The molecule has 0 saturated heterocycles. The van der Waals surface area contributed by atoms with Gasteiger partial charge in [-0.3, -0.25) is 14.8 Å². The maximum absolute atomic E-state index is 12.6. The van der Waals surface area contributed by atoms with Crippen LogP contribution in [0.4, 0.5) is 5.69 Å². The first-order valence-corrected chi connectivity index (χ1v) is 7.31. The van der Waals surface area contributed by atoms with Crippen molar-refractivity contribution in [3.63, 3.8) is 0 Å². The smallest absolute Gasteiger partial charge is 0.257 e. The van der Waals surface area contributed by atoms with E-state index >= 15 is 0 Å². The van der Waals surface area contributed by atoms with Crippen LogP contribution in [0.2, 0.25) is 0 Å². The first kappa shape index (κ1) is 15.1. The lowest BCUT2D eigenvalue weighted by molar-refractivity contribution is 0.102. The fourth-order valence-corrected chi connectivity index (χ4v) is 2.47. The van der Waals surface area contributed by atoms with Gasteiger partial charge in [0.2, 0.25) is 0 Å². The van der Waals surface area contributed by atoms with E-state index in [0.29, 0.717) is 22.5 Å². The van der Waals surface area contributed by atoms with Crippen LogP contribution in [-0.4, -0.2) is 21.0 Å². The highest BCUT2D eigenvalue weighted by atomic mass is 16.3. The van der Waals surface area contributed by atoms with E-state index < -0.39 is 0 Å². The van der Waals surface area contributed by atoms with Crippen LogP contribution in [0, 0.1) is 13.8 Å². The van der Waals surface area contributed by atoms with Gasteiger partial charge in [0, 0.05) is 17.1 Å². The summed E-state index contributed by atoms with van der Waals surface area (Å²) in [7, 11) is 0. The van der Waals surface area contributed by atoms with Gasteiger partial charge in [0.15, 0.2) is 0 Å². The van der Waals surface area contributed by atoms with E-state index in [9.17, 15) is 9.90 Å². The number of amides is 1. The summed E-state index contributed by atoms with van der Waals surface area (Å²) in [5, 5.41) is 13.0. The number of carbonyl (C=O) groups excluding carboxylic acids is 1. The summed E-state index contributed by atoms with van der Waals surface area (Å²) in [5.41, 5.74) is 4.30. The number of fused-ring (bicyclic) bond motifs is 1. The standard InChI is InChI=1S/C18H17N3O2/c1-11-3-4-13-8-15(12(2)20-16(13)7-11)18(23)21-17-9-19-6-5-14(17)10-22/h3-9,22H,10H2,1-2H3,(H,21,23). The lowest BCUT2D eigenvalue weighted by atomic mass is 10.1. The van der Waals surface area contributed by atoms with Crippen LogP contribution >= 0.6 is 0 Å². The fourth-order valence-electron chi connectivity index (χ4n) is 2.47. The number of anilines is 1. The molecule has 1 aromatic carbocycles. The number of benzene rings is 1. The van der Waals surface area contributed by atoms with Crippen molar-refractivity contribution in [2.45, 2.75) is 20.5 Å². The van der Waals surface area contributed by atoms with Crippen LogP contribution in [0.1, 0.15) is 27.2 Å². The minimum absolute atomic E-state index is 0.160. The van der Waals surface area contributed by atoms with E-state index in [2.05, 4.69) is 15.3 Å². The number of aliphatic hydroxyl groups excluding tert-OH is 1. The summed E-state index contributed by atoms with van der Waals surface area (Å²) in [6, 6.07) is 9.45. The second-order valence-corrected chi connectivity index (χ2v) is 5.46. The van der Waals surface area contributed by atoms with Gasteiger partial charge in [-0.05, 0) is 37.6 Å². The number of rotatable bonds is 3. The summed E-state index contributed by atoms with van der Waals surface area (Å²) in [6.45, 7) is 3.66. The van der Waals surface area contributed by atoms with Crippen molar-refractivity contribution >= 4 is 22.5 Å². The molecule has 0 aliphatic carbocycles. The zero-order valence-electron chi connectivity index (χ0n) is 13.0. The molecular formula is C18H17N3O2. The SMILES string of the molecule is Cc1ccc2cc(C(=O)Nc3cnccc3CO)c(C)nc2c1. The molecule has 0 fully saturated rings. The molecule has 0 spiro atoms. The number of aliphatic hydroxyl groups is 1. The molecule has 3 aromatic rings. The second kappa shape index (κ2) is 6.14. The summed E-state index contributed by atoms with van der Waals surface area (Å²) < 4.78 is 0. The van der Waals surface area contributed by atoms with Gasteiger partial charge >= 0.3 is 0 Å². The largest absolute Gasteiger partial charge is 0.392 e. The predicted octanol–water partition coefficient (Wildman–Crippen LogP) is 2.99. The zero-order valence-corrected chi connectivity index (χ0v) is 13.0. The normalized spacial score (nSPS) is 10.7. The Kier molecular flexibility index (Phi) is 4.04. The molecule has 0 bridgehead atoms. The van der Waals surface area contributed by atoms with Crippen LogP contribution in [0.5, 0.6) is 0 Å². The molecule has 2 heterocycles. The Bertz CT molecular complexity index is 891. The van der Waals surface area contributed by atoms with E-state index in [1.54, 1.807) is 12.3 Å². The number of nitrogens with one attached hydrogen (secondary N) is 1. The molecule has 0 radical (unpaired) electrons. The molecule has 1 amide bonds. The quantitative estimate of drug-likeness (QED) is 0.780. The molecule has 0 atom stereocenters. The van der Waals surface area contributed by atoms with Gasteiger partial charge in [-0.1, -0.05) is 12.1 Å². The molecule has 5 nitrogen and oxygen atoms in total. The van der Waals surface area contributed by atoms with E-state index in [1.165, 1.54) is 6.20 Å². The minimum atomic E-state index is -0.264. The third kappa shape index (κ3) is 3.05. The van der Waals surface area contributed by atoms with Crippen LogP contribution in [0.15, 0.2) is 42.7 Å². The Hall–Kier alpha value is -2.79. The van der Waals surface area contributed by atoms with Crippen molar-refractivity contribution in [3.8, 4) is 0 Å². The molecule has 2 N–H and O–H groups in total. The molecule has 5 heteroatoms. The Labute approximate surface area is 134 Å². The van der Waals surface area contributed by atoms with Crippen molar-refractivity contribution in [2.75, 3.05) is 5.32 Å². The number of carbonyl (C=O) groups is 1. The summed E-state index contributed by atoms with van der Waals surface area (Å²) in [6.07, 6.45) is 3.10. The van der Waals surface area contributed by atoms with Crippen LogP contribution < -0.4 is 5.32 Å². The number of aryl methyl sites for hydroxylation is 2. The topological polar surface area (TPSA) is 75.1 Å². The van der Waals surface area contributed by atoms with Gasteiger partial charge in [-0.15, -0.1) is 0 Å². The molecule has 116 valence electrons. The number of hydrogen-bond acceptors (Lipinski definition) is 4. The molecule has 3 rings (SSSR count). The number of aromatic nitrogens is 2. The van der Waals surface area contributed by atoms with Gasteiger partial charge in [0.05, 0.1) is 35.3 Å². The second-order valence-electron chi connectivity index (χ2n) is 5.46. The monoisotopic (exact) mass is 307 g/mol. The fraction of sp³-hybridized carbons (Fsp3) is 0.167. The van der Waals surface area contributed by atoms with E-state index in [4.69, 9.17) is 0 Å². The average Bonchev–Trinajstić information content (AvgIpc) is 2.54. The number of pyridine rings is 2. The highest BCUT2D eigenvalue weighted by molar-refractivity contribution is 6.07. The average molecular weight is 307 g/mol. The van der Waals surface area contributed by atoms with Crippen molar-refractivity contribution in [2.24, 2.45) is 0 Å². The predicted molar refractivity (Wildman–Crippen MR) is 89.3 cm³/mol. The third-order valence-electron chi connectivity index (χ3n) is 3.74. The lowest BCUT2D eigenvalue weighted by Gasteiger charge is -2.11. The number of nitrogens with zero attached hydrogens (tertiary/aromatic N) is 2. The molecule has 0 aliphatic heterocycles. The Morgan fingerprint density at radius 2 is 2.04 bits per heavy atom. The van der Waals surface area contributed by atoms with Crippen molar-refractivity contribution in [1.82, 2.24) is 9.97 Å². The van der Waals surface area contributed by atoms with Crippen molar-refractivity contribution in [3.05, 3.63) is 65.1 Å². The van der Waals surface area contributed by atoms with Crippen LogP contribution in [-0.2, 0) is 6.61 Å². The van der Waals surface area contributed by atoms with Gasteiger partial charge in [0.25, 0.3) is 5.91 Å². The molecular weight excluding hydrogens is 290 g/mol. The highest BCUT2D eigenvalue weighted by Crippen LogP contribution is 2.20. The van der Waals surface area contributed by atoms with E-state index in [1.807, 2.05) is 38.1 Å². The third-order valence-corrected chi connectivity index (χ3v) is 3.74. The van der Waals surface area contributed by atoms with Crippen molar-refractivity contribution < 1.29 is 9.90 Å². The Morgan fingerprint density at radius 1 is 1.22 bits per heavy atom. The molecule has 23 heavy (non-hydrogen) atoms. The zero-order chi connectivity index (χ0) is 16.4. The molecule has 0 aliphatic rings. The first-order valence-electron chi connectivity index (χ1n) is 7.31.